The van der Waals surface area contributed by atoms with Gasteiger partial charge in [-0.1, -0.05) is 158 Å². The highest BCUT2D eigenvalue weighted by atomic mass is 16.3. The molecule has 9 aromatic carbocycles. The Morgan fingerprint density at radius 1 is 0.322 bits per heavy atom. The van der Waals surface area contributed by atoms with Gasteiger partial charge in [0, 0.05) is 33.5 Å². The fourth-order valence-corrected chi connectivity index (χ4v) is 8.47. The second-order valence-corrected chi connectivity index (χ2v) is 15.0. The van der Waals surface area contributed by atoms with Crippen LogP contribution < -0.4 is 4.90 Å². The van der Waals surface area contributed by atoms with Gasteiger partial charge in [0.1, 0.15) is 11.1 Å². The Balaban J connectivity index is 0.947. The molecule has 2 heterocycles. The summed E-state index contributed by atoms with van der Waals surface area (Å²) in [5.74, 6) is 0. The lowest BCUT2D eigenvalue weighted by atomic mass is 10.0. The lowest BCUT2D eigenvalue weighted by molar-refractivity contribution is 0.673. The van der Waals surface area contributed by atoms with Crippen molar-refractivity contribution in [3.05, 3.63) is 231 Å². The standard InChI is InChI=1S/C56H38N2O/c1-4-12-39(13-5-1)42-20-29-47(30-21-42)57(48-31-22-43(23-32-48)40-14-6-2-7-15-40)49-33-24-44(25-34-49)45-26-35-50(36-27-45)58-53-19-11-10-18-51(53)56-55(58)52-38-46(28-37-54(52)59-56)41-16-8-3-9-17-41/h1-38H. The summed E-state index contributed by atoms with van der Waals surface area (Å²) in [6.07, 6.45) is 0. The highest BCUT2D eigenvalue weighted by Crippen LogP contribution is 2.41. The van der Waals surface area contributed by atoms with Crippen LogP contribution in [0.5, 0.6) is 0 Å². The molecule has 0 spiro atoms. The first-order valence-electron chi connectivity index (χ1n) is 20.1. The quantitative estimate of drug-likeness (QED) is 0.154. The Morgan fingerprint density at radius 3 is 1.20 bits per heavy atom. The topological polar surface area (TPSA) is 21.3 Å². The van der Waals surface area contributed by atoms with E-state index in [4.69, 9.17) is 4.42 Å². The summed E-state index contributed by atoms with van der Waals surface area (Å²) in [5, 5.41) is 2.21. The number of rotatable bonds is 8. The minimum absolute atomic E-state index is 0.888. The van der Waals surface area contributed by atoms with E-state index < -0.39 is 0 Å². The van der Waals surface area contributed by atoms with Gasteiger partial charge in [-0.2, -0.15) is 0 Å². The maximum atomic E-state index is 6.57. The normalized spacial score (nSPS) is 11.4. The van der Waals surface area contributed by atoms with E-state index in [-0.39, 0.29) is 0 Å². The Bertz CT molecular complexity index is 3120. The average Bonchev–Trinajstić information content (AvgIpc) is 3.85. The van der Waals surface area contributed by atoms with Crippen LogP contribution in [0, 0.1) is 0 Å². The van der Waals surface area contributed by atoms with Crippen LogP contribution >= 0.6 is 0 Å². The van der Waals surface area contributed by atoms with Gasteiger partial charge in [-0.05, 0) is 117 Å². The van der Waals surface area contributed by atoms with Crippen LogP contribution in [0.15, 0.2) is 235 Å². The van der Waals surface area contributed by atoms with Gasteiger partial charge in [-0.15, -0.1) is 0 Å². The molecule has 0 radical (unpaired) electrons. The smallest absolute Gasteiger partial charge is 0.161 e. The monoisotopic (exact) mass is 754 g/mol. The predicted molar refractivity (Wildman–Crippen MR) is 247 cm³/mol. The van der Waals surface area contributed by atoms with Crippen LogP contribution in [-0.2, 0) is 0 Å². The molecule has 0 unspecified atom stereocenters. The fraction of sp³-hybridized carbons (Fsp3) is 0. The summed E-state index contributed by atoms with van der Waals surface area (Å²) in [4.78, 5) is 2.33. The summed E-state index contributed by atoms with van der Waals surface area (Å²) in [5.41, 5.74) is 17.9. The van der Waals surface area contributed by atoms with Gasteiger partial charge < -0.3 is 13.9 Å². The van der Waals surface area contributed by atoms with Crippen molar-refractivity contribution in [1.82, 2.24) is 4.57 Å². The van der Waals surface area contributed by atoms with E-state index in [1.807, 2.05) is 0 Å². The molecule has 11 aromatic rings. The molecular weight excluding hydrogens is 717 g/mol. The van der Waals surface area contributed by atoms with E-state index in [1.165, 1.54) is 33.4 Å². The molecule has 0 aliphatic heterocycles. The van der Waals surface area contributed by atoms with Crippen molar-refractivity contribution in [2.75, 3.05) is 4.90 Å². The summed E-state index contributed by atoms with van der Waals surface area (Å²) in [6, 6.07) is 82.2. The fourth-order valence-electron chi connectivity index (χ4n) is 8.47. The summed E-state index contributed by atoms with van der Waals surface area (Å²) >= 11 is 0. The number of aromatic nitrogens is 1. The summed E-state index contributed by atoms with van der Waals surface area (Å²) < 4.78 is 8.92. The molecule has 278 valence electrons. The molecule has 0 amide bonds. The van der Waals surface area contributed by atoms with Gasteiger partial charge >= 0.3 is 0 Å². The number of benzene rings is 9. The first kappa shape index (κ1) is 34.4. The largest absolute Gasteiger partial charge is 0.454 e. The molecule has 11 rings (SSSR count). The van der Waals surface area contributed by atoms with E-state index in [9.17, 15) is 0 Å². The number of nitrogens with zero attached hydrogens (tertiary/aromatic N) is 2. The number of hydrogen-bond acceptors (Lipinski definition) is 2. The Hall–Kier alpha value is -7.88. The Labute approximate surface area is 343 Å². The van der Waals surface area contributed by atoms with E-state index >= 15 is 0 Å². The Kier molecular flexibility index (Phi) is 8.49. The summed E-state index contributed by atoms with van der Waals surface area (Å²) in [6.45, 7) is 0. The molecule has 3 nitrogen and oxygen atoms in total. The van der Waals surface area contributed by atoms with Crippen LogP contribution in [0.4, 0.5) is 17.1 Å². The van der Waals surface area contributed by atoms with Crippen molar-refractivity contribution >= 4 is 50.0 Å². The van der Waals surface area contributed by atoms with Gasteiger partial charge in [-0.3, -0.25) is 0 Å². The molecule has 0 atom stereocenters. The van der Waals surface area contributed by atoms with Crippen molar-refractivity contribution in [3.63, 3.8) is 0 Å². The van der Waals surface area contributed by atoms with Crippen LogP contribution in [-0.4, -0.2) is 4.57 Å². The minimum Gasteiger partial charge on any atom is -0.454 e. The van der Waals surface area contributed by atoms with E-state index in [0.29, 0.717) is 0 Å². The van der Waals surface area contributed by atoms with Gasteiger partial charge in [0.2, 0.25) is 0 Å². The van der Waals surface area contributed by atoms with Crippen molar-refractivity contribution in [2.45, 2.75) is 0 Å². The van der Waals surface area contributed by atoms with Gasteiger partial charge in [-0.25, -0.2) is 0 Å². The predicted octanol–water partition coefficient (Wildman–Crippen LogP) is 15.7. The van der Waals surface area contributed by atoms with Crippen LogP contribution in [0.1, 0.15) is 0 Å². The second-order valence-electron chi connectivity index (χ2n) is 15.0. The number of furan rings is 1. The van der Waals surface area contributed by atoms with Crippen LogP contribution in [0.2, 0.25) is 0 Å². The van der Waals surface area contributed by atoms with Crippen LogP contribution in [0.25, 0.3) is 83.2 Å². The van der Waals surface area contributed by atoms with E-state index in [0.717, 1.165) is 66.8 Å². The average molecular weight is 755 g/mol. The SMILES string of the molecule is c1ccc(-c2ccc(N(c3ccc(-c4ccccc4)cc3)c3ccc(-c4ccc(-n5c6ccccc6c6oc7ccc(-c8ccccc8)cc7c65)cc4)cc3)cc2)cc1. The van der Waals surface area contributed by atoms with Crippen molar-refractivity contribution in [1.29, 1.82) is 0 Å². The Morgan fingerprint density at radius 2 is 0.712 bits per heavy atom. The van der Waals surface area contributed by atoms with Crippen molar-refractivity contribution in [3.8, 4) is 50.2 Å². The van der Waals surface area contributed by atoms with Crippen molar-refractivity contribution < 1.29 is 4.42 Å². The summed E-state index contributed by atoms with van der Waals surface area (Å²) in [7, 11) is 0. The molecule has 0 aliphatic carbocycles. The molecule has 0 aliphatic rings. The van der Waals surface area contributed by atoms with Gasteiger partial charge in [0.15, 0.2) is 5.58 Å². The third-order valence-electron chi connectivity index (χ3n) is 11.4. The molecule has 3 heteroatoms. The number of anilines is 3. The van der Waals surface area contributed by atoms with Crippen molar-refractivity contribution in [2.24, 2.45) is 0 Å². The molecule has 2 aromatic heterocycles. The molecule has 0 fully saturated rings. The zero-order valence-corrected chi connectivity index (χ0v) is 32.2. The minimum atomic E-state index is 0.888. The second kappa shape index (κ2) is 14.6. The van der Waals surface area contributed by atoms with Crippen LogP contribution in [0.3, 0.4) is 0 Å². The van der Waals surface area contributed by atoms with E-state index in [1.54, 1.807) is 0 Å². The highest BCUT2D eigenvalue weighted by molar-refractivity contribution is 6.17. The van der Waals surface area contributed by atoms with Gasteiger partial charge in [0.05, 0.1) is 5.52 Å². The molecule has 0 saturated carbocycles. The molecule has 0 N–H and O–H groups in total. The third kappa shape index (κ3) is 6.26. The zero-order chi connectivity index (χ0) is 39.1. The molecule has 0 bridgehead atoms. The first-order valence-corrected chi connectivity index (χ1v) is 20.1. The maximum Gasteiger partial charge on any atom is 0.161 e. The first-order chi connectivity index (χ1) is 29.2. The molecular formula is C56H38N2O. The lowest BCUT2D eigenvalue weighted by Crippen LogP contribution is -2.09. The maximum absolute atomic E-state index is 6.57. The number of fused-ring (bicyclic) bond motifs is 5. The molecule has 59 heavy (non-hydrogen) atoms. The van der Waals surface area contributed by atoms with E-state index in [2.05, 4.69) is 240 Å². The number of para-hydroxylation sites is 1. The highest BCUT2D eigenvalue weighted by Gasteiger charge is 2.20. The van der Waals surface area contributed by atoms with Gasteiger partial charge in [0.25, 0.3) is 0 Å². The third-order valence-corrected chi connectivity index (χ3v) is 11.4. The lowest BCUT2D eigenvalue weighted by Gasteiger charge is -2.26. The number of hydrogen-bond donors (Lipinski definition) is 0. The zero-order valence-electron chi connectivity index (χ0n) is 32.2. The molecule has 0 saturated heterocycles.